The van der Waals surface area contributed by atoms with Crippen molar-refractivity contribution in [3.05, 3.63) is 51.3 Å². The molecule has 0 aliphatic carbocycles. The second-order valence-electron chi connectivity index (χ2n) is 3.92. The van der Waals surface area contributed by atoms with Crippen LogP contribution in [0.4, 0.5) is 14.5 Å². The third-order valence-electron chi connectivity index (χ3n) is 2.53. The summed E-state index contributed by atoms with van der Waals surface area (Å²) in [4.78, 5) is 20.7. The van der Waals surface area contributed by atoms with E-state index in [1.807, 2.05) is 0 Å². The minimum absolute atomic E-state index is 0.190. The van der Waals surface area contributed by atoms with E-state index in [0.29, 0.717) is 16.8 Å². The van der Waals surface area contributed by atoms with E-state index >= 15 is 0 Å². The molecular weight excluding hydrogens is 276 g/mol. The van der Waals surface area contributed by atoms with Crippen molar-refractivity contribution in [3.63, 3.8) is 0 Å². The van der Waals surface area contributed by atoms with Gasteiger partial charge in [0, 0.05) is 17.8 Å². The molecule has 0 aliphatic heterocycles. The molecule has 104 valence electrons. The number of carboxylic acid groups (broad SMARTS) is 1. The van der Waals surface area contributed by atoms with Gasteiger partial charge in [0.1, 0.15) is 5.82 Å². The van der Waals surface area contributed by atoms with E-state index in [-0.39, 0.29) is 11.3 Å². The Morgan fingerprint density at radius 1 is 1.45 bits per heavy atom. The molecule has 2 rings (SSSR count). The van der Waals surface area contributed by atoms with Gasteiger partial charge in [0.25, 0.3) is 0 Å². The fraction of sp³-hybridized carbons (Fsp3) is 0.0909. The van der Waals surface area contributed by atoms with Crippen molar-refractivity contribution in [2.24, 2.45) is 0 Å². The molecule has 0 bridgehead atoms. The fourth-order valence-corrected chi connectivity index (χ4v) is 1.70. The summed E-state index contributed by atoms with van der Waals surface area (Å²) in [7, 11) is 0. The second-order valence-corrected chi connectivity index (χ2v) is 3.92. The molecule has 0 unspecified atom stereocenters. The molecule has 0 atom stereocenters. The number of aromatic carboxylic acids is 1. The van der Waals surface area contributed by atoms with Crippen LogP contribution in [0.1, 0.15) is 16.1 Å². The first-order valence-corrected chi connectivity index (χ1v) is 5.24. The lowest BCUT2D eigenvalue weighted by molar-refractivity contribution is -0.385. The highest BCUT2D eigenvalue weighted by atomic mass is 19.1. The summed E-state index contributed by atoms with van der Waals surface area (Å²) in [6, 6.07) is 0.996. The SMILES string of the molecule is Cc1cn(-c2c(F)cc(F)cc2[N+](=O)[O-])nc1C(=O)O. The van der Waals surface area contributed by atoms with Crippen molar-refractivity contribution in [2.75, 3.05) is 0 Å². The van der Waals surface area contributed by atoms with Crippen molar-refractivity contribution in [1.29, 1.82) is 0 Å². The van der Waals surface area contributed by atoms with Crippen LogP contribution >= 0.6 is 0 Å². The number of aryl methyl sites for hydroxylation is 1. The van der Waals surface area contributed by atoms with E-state index in [4.69, 9.17) is 5.11 Å². The molecule has 20 heavy (non-hydrogen) atoms. The normalized spacial score (nSPS) is 10.6. The Labute approximate surface area is 110 Å². The summed E-state index contributed by atoms with van der Waals surface area (Å²) in [6.45, 7) is 1.40. The Morgan fingerprint density at radius 2 is 2.10 bits per heavy atom. The summed E-state index contributed by atoms with van der Waals surface area (Å²) >= 11 is 0. The highest BCUT2D eigenvalue weighted by Gasteiger charge is 2.24. The Kier molecular flexibility index (Phi) is 3.18. The van der Waals surface area contributed by atoms with Crippen molar-refractivity contribution in [2.45, 2.75) is 6.92 Å². The predicted octanol–water partition coefficient (Wildman–Crippen LogP) is 2.07. The van der Waals surface area contributed by atoms with Crippen molar-refractivity contribution in [3.8, 4) is 5.69 Å². The van der Waals surface area contributed by atoms with Crippen LogP contribution in [0.3, 0.4) is 0 Å². The summed E-state index contributed by atoms with van der Waals surface area (Å²) < 4.78 is 27.5. The molecule has 0 saturated heterocycles. The van der Waals surface area contributed by atoms with Crippen LogP contribution in [0.15, 0.2) is 18.3 Å². The first kappa shape index (κ1) is 13.6. The number of nitro groups is 1. The van der Waals surface area contributed by atoms with Gasteiger partial charge in [-0.15, -0.1) is 0 Å². The van der Waals surface area contributed by atoms with Gasteiger partial charge in [0.2, 0.25) is 0 Å². The van der Waals surface area contributed by atoms with Crippen molar-refractivity contribution >= 4 is 11.7 Å². The van der Waals surface area contributed by atoms with Crippen LogP contribution < -0.4 is 0 Å². The number of hydrogen-bond acceptors (Lipinski definition) is 4. The van der Waals surface area contributed by atoms with Gasteiger partial charge in [0.05, 0.1) is 11.0 Å². The summed E-state index contributed by atoms with van der Waals surface area (Å²) in [5.74, 6) is -3.68. The fourth-order valence-electron chi connectivity index (χ4n) is 1.70. The molecular formula is C11H7F2N3O4. The lowest BCUT2D eigenvalue weighted by Crippen LogP contribution is -2.06. The number of halogens is 2. The number of hydrogen-bond donors (Lipinski definition) is 1. The maximum absolute atomic E-state index is 13.7. The van der Waals surface area contributed by atoms with E-state index < -0.39 is 33.9 Å². The Hall–Kier alpha value is -2.84. The van der Waals surface area contributed by atoms with Crippen LogP contribution in [0, 0.1) is 28.7 Å². The maximum atomic E-state index is 13.7. The Balaban J connectivity index is 2.72. The molecule has 0 amide bonds. The minimum Gasteiger partial charge on any atom is -0.476 e. The van der Waals surface area contributed by atoms with E-state index in [1.165, 1.54) is 6.92 Å². The number of carboxylic acids is 1. The maximum Gasteiger partial charge on any atom is 0.356 e. The van der Waals surface area contributed by atoms with Gasteiger partial charge in [-0.1, -0.05) is 0 Å². The van der Waals surface area contributed by atoms with Crippen LogP contribution in [-0.2, 0) is 0 Å². The van der Waals surface area contributed by atoms with E-state index in [9.17, 15) is 23.7 Å². The lowest BCUT2D eigenvalue weighted by atomic mass is 10.2. The summed E-state index contributed by atoms with van der Waals surface area (Å²) in [6.07, 6.45) is 1.12. The van der Waals surface area contributed by atoms with Gasteiger partial charge in [-0.2, -0.15) is 5.10 Å². The zero-order valence-electron chi connectivity index (χ0n) is 10.0. The Bertz CT molecular complexity index is 727. The van der Waals surface area contributed by atoms with Gasteiger partial charge in [-0.25, -0.2) is 18.3 Å². The van der Waals surface area contributed by atoms with Gasteiger partial charge < -0.3 is 5.11 Å². The standard InChI is InChI=1S/C11H7F2N3O4/c1-5-4-15(14-9(5)11(17)18)10-7(13)2-6(12)3-8(10)16(19)20/h2-4H,1H3,(H,17,18). The second kappa shape index (κ2) is 4.68. The Morgan fingerprint density at radius 3 is 2.60 bits per heavy atom. The largest absolute Gasteiger partial charge is 0.476 e. The molecule has 1 aromatic carbocycles. The zero-order valence-corrected chi connectivity index (χ0v) is 10.0. The third-order valence-corrected chi connectivity index (χ3v) is 2.53. The molecule has 1 heterocycles. The molecule has 0 aliphatic rings. The molecule has 0 saturated carbocycles. The number of benzene rings is 1. The molecule has 0 fully saturated rings. The smallest absolute Gasteiger partial charge is 0.356 e. The van der Waals surface area contributed by atoms with Gasteiger partial charge in [-0.05, 0) is 6.92 Å². The summed E-state index contributed by atoms with van der Waals surface area (Å²) in [5, 5.41) is 23.3. The van der Waals surface area contributed by atoms with Gasteiger partial charge in [0.15, 0.2) is 17.2 Å². The highest BCUT2D eigenvalue weighted by molar-refractivity contribution is 5.87. The number of aromatic nitrogens is 2. The number of nitro benzene ring substituents is 1. The predicted molar refractivity (Wildman–Crippen MR) is 61.8 cm³/mol. The zero-order chi connectivity index (χ0) is 15.0. The van der Waals surface area contributed by atoms with Gasteiger partial charge in [-0.3, -0.25) is 10.1 Å². The molecule has 1 aromatic heterocycles. The van der Waals surface area contributed by atoms with E-state index in [0.717, 1.165) is 6.20 Å². The van der Waals surface area contributed by atoms with E-state index in [1.54, 1.807) is 0 Å². The van der Waals surface area contributed by atoms with Crippen molar-refractivity contribution < 1.29 is 23.6 Å². The number of carbonyl (C=O) groups is 1. The average Bonchev–Trinajstić information content (AvgIpc) is 2.69. The van der Waals surface area contributed by atoms with Crippen molar-refractivity contribution in [1.82, 2.24) is 9.78 Å². The first-order valence-electron chi connectivity index (χ1n) is 5.24. The number of rotatable bonds is 3. The molecule has 2 aromatic rings. The molecule has 7 nitrogen and oxygen atoms in total. The highest BCUT2D eigenvalue weighted by Crippen LogP contribution is 2.27. The summed E-state index contributed by atoms with van der Waals surface area (Å²) in [5.41, 5.74) is -1.65. The van der Waals surface area contributed by atoms with Crippen LogP contribution in [0.5, 0.6) is 0 Å². The van der Waals surface area contributed by atoms with Crippen LogP contribution in [-0.4, -0.2) is 25.8 Å². The first-order chi connectivity index (χ1) is 9.31. The quantitative estimate of drug-likeness (QED) is 0.686. The topological polar surface area (TPSA) is 98.3 Å². The minimum atomic E-state index is -1.36. The monoisotopic (exact) mass is 283 g/mol. The third kappa shape index (κ3) is 2.20. The van der Waals surface area contributed by atoms with Crippen LogP contribution in [0.25, 0.3) is 5.69 Å². The molecule has 0 spiro atoms. The number of nitrogens with zero attached hydrogens (tertiary/aromatic N) is 3. The van der Waals surface area contributed by atoms with E-state index in [2.05, 4.69) is 5.10 Å². The lowest BCUT2D eigenvalue weighted by Gasteiger charge is -2.04. The molecule has 9 heteroatoms. The molecule has 0 radical (unpaired) electrons. The van der Waals surface area contributed by atoms with Crippen LogP contribution in [0.2, 0.25) is 0 Å². The molecule has 1 N–H and O–H groups in total. The van der Waals surface area contributed by atoms with Gasteiger partial charge >= 0.3 is 11.7 Å². The average molecular weight is 283 g/mol.